The quantitative estimate of drug-likeness (QED) is 0.729. The van der Waals surface area contributed by atoms with Crippen LogP contribution in [0.3, 0.4) is 0 Å². The van der Waals surface area contributed by atoms with Crippen LogP contribution in [-0.4, -0.2) is 24.0 Å². The summed E-state index contributed by atoms with van der Waals surface area (Å²) < 4.78 is 0. The predicted octanol–water partition coefficient (Wildman–Crippen LogP) is 2.44. The van der Waals surface area contributed by atoms with E-state index in [0.717, 1.165) is 12.3 Å². The lowest BCUT2D eigenvalue weighted by Crippen LogP contribution is -2.17. The number of rotatable bonds is 6. The van der Waals surface area contributed by atoms with Gasteiger partial charge in [0.2, 0.25) is 0 Å². The molecule has 0 heterocycles. The SMILES string of the molecule is CCNC(C)c1cccc(SCCO)c1. The van der Waals surface area contributed by atoms with Crippen LogP contribution in [0.1, 0.15) is 25.5 Å². The summed E-state index contributed by atoms with van der Waals surface area (Å²) in [5.41, 5.74) is 1.31. The second-order valence-corrected chi connectivity index (χ2v) is 4.59. The monoisotopic (exact) mass is 225 g/mol. The average Bonchev–Trinajstić information content (AvgIpc) is 2.27. The molecule has 0 saturated heterocycles. The van der Waals surface area contributed by atoms with Crippen LogP contribution in [0.4, 0.5) is 0 Å². The first-order valence-corrected chi connectivity index (χ1v) is 6.33. The maximum Gasteiger partial charge on any atom is 0.0525 e. The van der Waals surface area contributed by atoms with Crippen LogP contribution in [0.5, 0.6) is 0 Å². The van der Waals surface area contributed by atoms with Crippen molar-refractivity contribution in [3.05, 3.63) is 29.8 Å². The molecule has 0 aliphatic carbocycles. The molecule has 1 atom stereocenters. The molecule has 15 heavy (non-hydrogen) atoms. The van der Waals surface area contributed by atoms with Crippen LogP contribution in [-0.2, 0) is 0 Å². The van der Waals surface area contributed by atoms with Gasteiger partial charge in [-0.15, -0.1) is 11.8 Å². The van der Waals surface area contributed by atoms with E-state index in [9.17, 15) is 0 Å². The Morgan fingerprint density at radius 3 is 2.93 bits per heavy atom. The van der Waals surface area contributed by atoms with Crippen molar-refractivity contribution in [3.63, 3.8) is 0 Å². The van der Waals surface area contributed by atoms with Gasteiger partial charge in [0.05, 0.1) is 6.61 Å². The average molecular weight is 225 g/mol. The van der Waals surface area contributed by atoms with Crippen LogP contribution < -0.4 is 5.32 Å². The van der Waals surface area contributed by atoms with Gasteiger partial charge in [0.25, 0.3) is 0 Å². The molecule has 2 N–H and O–H groups in total. The van der Waals surface area contributed by atoms with E-state index >= 15 is 0 Å². The van der Waals surface area contributed by atoms with Crippen LogP contribution in [0, 0.1) is 0 Å². The first-order chi connectivity index (χ1) is 7.27. The summed E-state index contributed by atoms with van der Waals surface area (Å²) >= 11 is 1.69. The van der Waals surface area contributed by atoms with Crippen molar-refractivity contribution in [1.29, 1.82) is 0 Å². The summed E-state index contributed by atoms with van der Waals surface area (Å²) in [5.74, 6) is 0.763. The van der Waals surface area contributed by atoms with E-state index in [2.05, 4.69) is 43.4 Å². The summed E-state index contributed by atoms with van der Waals surface area (Å²) in [6.45, 7) is 5.49. The van der Waals surface area contributed by atoms with Gasteiger partial charge in [-0.1, -0.05) is 19.1 Å². The minimum Gasteiger partial charge on any atom is -0.396 e. The smallest absolute Gasteiger partial charge is 0.0525 e. The van der Waals surface area contributed by atoms with Gasteiger partial charge < -0.3 is 10.4 Å². The van der Waals surface area contributed by atoms with E-state index in [0.29, 0.717) is 6.04 Å². The lowest BCUT2D eigenvalue weighted by Gasteiger charge is -2.13. The van der Waals surface area contributed by atoms with Crippen LogP contribution >= 0.6 is 11.8 Å². The molecular weight excluding hydrogens is 206 g/mol. The summed E-state index contributed by atoms with van der Waals surface area (Å²) in [5, 5.41) is 12.1. The molecule has 0 aliphatic heterocycles. The van der Waals surface area contributed by atoms with Gasteiger partial charge in [-0.3, -0.25) is 0 Å². The zero-order valence-corrected chi connectivity index (χ0v) is 10.2. The molecular formula is C12H19NOS. The van der Waals surface area contributed by atoms with Gasteiger partial charge >= 0.3 is 0 Å². The maximum atomic E-state index is 8.76. The fourth-order valence-electron chi connectivity index (χ4n) is 1.46. The number of hydrogen-bond acceptors (Lipinski definition) is 3. The zero-order chi connectivity index (χ0) is 11.1. The van der Waals surface area contributed by atoms with Crippen molar-refractivity contribution in [3.8, 4) is 0 Å². The zero-order valence-electron chi connectivity index (χ0n) is 9.36. The third kappa shape index (κ3) is 4.24. The van der Waals surface area contributed by atoms with E-state index in [1.807, 2.05) is 0 Å². The van der Waals surface area contributed by atoms with Crippen molar-refractivity contribution >= 4 is 11.8 Å². The molecule has 1 rings (SSSR count). The Labute approximate surface area is 96.1 Å². The van der Waals surface area contributed by atoms with Crippen molar-refractivity contribution in [2.24, 2.45) is 0 Å². The third-order valence-electron chi connectivity index (χ3n) is 2.23. The summed E-state index contributed by atoms with van der Waals surface area (Å²) in [6, 6.07) is 8.87. The number of hydrogen-bond donors (Lipinski definition) is 2. The molecule has 1 aromatic carbocycles. The van der Waals surface area contributed by atoms with Gasteiger partial charge in [-0.2, -0.15) is 0 Å². The van der Waals surface area contributed by atoms with Gasteiger partial charge in [-0.05, 0) is 31.2 Å². The summed E-state index contributed by atoms with van der Waals surface area (Å²) in [4.78, 5) is 1.23. The van der Waals surface area contributed by atoms with Crippen molar-refractivity contribution in [2.75, 3.05) is 18.9 Å². The molecule has 0 radical (unpaired) electrons. The van der Waals surface area contributed by atoms with E-state index in [4.69, 9.17) is 5.11 Å². The van der Waals surface area contributed by atoms with Crippen LogP contribution in [0.15, 0.2) is 29.2 Å². The maximum absolute atomic E-state index is 8.76. The molecule has 3 heteroatoms. The minimum absolute atomic E-state index is 0.234. The Hall–Kier alpha value is -0.510. The Balaban J connectivity index is 2.64. The van der Waals surface area contributed by atoms with Gasteiger partial charge in [0.15, 0.2) is 0 Å². The molecule has 0 bridgehead atoms. The number of aliphatic hydroxyl groups excluding tert-OH is 1. The van der Waals surface area contributed by atoms with Gasteiger partial charge in [0.1, 0.15) is 0 Å². The fraction of sp³-hybridized carbons (Fsp3) is 0.500. The van der Waals surface area contributed by atoms with Crippen molar-refractivity contribution < 1.29 is 5.11 Å². The first-order valence-electron chi connectivity index (χ1n) is 5.35. The van der Waals surface area contributed by atoms with Crippen molar-refractivity contribution in [2.45, 2.75) is 24.8 Å². The first kappa shape index (κ1) is 12.6. The molecule has 2 nitrogen and oxygen atoms in total. The molecule has 0 amide bonds. The third-order valence-corrected chi connectivity index (χ3v) is 3.20. The van der Waals surface area contributed by atoms with E-state index < -0.39 is 0 Å². The molecule has 0 saturated carbocycles. The van der Waals surface area contributed by atoms with Gasteiger partial charge in [0, 0.05) is 16.7 Å². The topological polar surface area (TPSA) is 32.3 Å². The Morgan fingerprint density at radius 2 is 2.27 bits per heavy atom. The molecule has 0 aliphatic rings. The predicted molar refractivity (Wildman–Crippen MR) is 66.3 cm³/mol. The Morgan fingerprint density at radius 1 is 1.47 bits per heavy atom. The number of nitrogens with one attached hydrogen (secondary N) is 1. The molecule has 0 spiro atoms. The number of benzene rings is 1. The summed E-state index contributed by atoms with van der Waals surface area (Å²) in [7, 11) is 0. The lowest BCUT2D eigenvalue weighted by molar-refractivity contribution is 0.322. The standard InChI is InChI=1S/C12H19NOS/c1-3-13-10(2)11-5-4-6-12(9-11)15-8-7-14/h4-6,9-10,13-14H,3,7-8H2,1-2H3. The van der Waals surface area contributed by atoms with E-state index in [1.165, 1.54) is 10.5 Å². The molecule has 1 aromatic rings. The molecule has 1 unspecified atom stereocenters. The van der Waals surface area contributed by atoms with E-state index in [1.54, 1.807) is 11.8 Å². The normalized spacial score (nSPS) is 12.7. The second-order valence-electron chi connectivity index (χ2n) is 3.42. The highest BCUT2D eigenvalue weighted by atomic mass is 32.2. The molecule has 84 valence electrons. The van der Waals surface area contributed by atoms with Crippen molar-refractivity contribution in [1.82, 2.24) is 5.32 Å². The van der Waals surface area contributed by atoms with E-state index in [-0.39, 0.29) is 6.61 Å². The van der Waals surface area contributed by atoms with Gasteiger partial charge in [-0.25, -0.2) is 0 Å². The fourth-order valence-corrected chi connectivity index (χ4v) is 2.18. The Kier molecular flexibility index (Phi) is 5.76. The minimum atomic E-state index is 0.234. The highest BCUT2D eigenvalue weighted by Gasteiger charge is 2.03. The lowest BCUT2D eigenvalue weighted by atomic mass is 10.1. The highest BCUT2D eigenvalue weighted by Crippen LogP contribution is 2.21. The molecule has 0 fully saturated rings. The summed E-state index contributed by atoms with van der Waals surface area (Å²) in [6.07, 6.45) is 0. The van der Waals surface area contributed by atoms with Crippen LogP contribution in [0.25, 0.3) is 0 Å². The number of aliphatic hydroxyl groups is 1. The van der Waals surface area contributed by atoms with Crippen LogP contribution in [0.2, 0.25) is 0 Å². The second kappa shape index (κ2) is 6.88. The highest BCUT2D eigenvalue weighted by molar-refractivity contribution is 7.99. The molecule has 0 aromatic heterocycles. The Bertz CT molecular complexity index is 291. The largest absolute Gasteiger partial charge is 0.396 e. The number of thioether (sulfide) groups is 1.